The average Bonchev–Trinajstić information content (AvgIpc) is 2.44. The number of para-hydroxylation sites is 1. The van der Waals surface area contributed by atoms with E-state index in [4.69, 9.17) is 4.74 Å². The van der Waals surface area contributed by atoms with Gasteiger partial charge in [0.25, 0.3) is 0 Å². The van der Waals surface area contributed by atoms with Gasteiger partial charge in [-0.25, -0.2) is 0 Å². The highest BCUT2D eigenvalue weighted by atomic mass is 16.5. The molecule has 0 radical (unpaired) electrons. The van der Waals surface area contributed by atoms with Crippen molar-refractivity contribution in [3.63, 3.8) is 0 Å². The third kappa shape index (κ3) is 4.59. The van der Waals surface area contributed by atoms with Gasteiger partial charge in [0.2, 0.25) is 5.95 Å². The molecule has 21 heavy (non-hydrogen) atoms. The summed E-state index contributed by atoms with van der Waals surface area (Å²) in [5.74, 6) is 2.01. The summed E-state index contributed by atoms with van der Waals surface area (Å²) in [4.78, 5) is 4.39. The zero-order valence-electron chi connectivity index (χ0n) is 12.8. The Balaban J connectivity index is 2.05. The summed E-state index contributed by atoms with van der Waals surface area (Å²) in [7, 11) is 1.66. The lowest BCUT2D eigenvalue weighted by Crippen LogP contribution is -2.27. The predicted molar refractivity (Wildman–Crippen MR) is 83.5 cm³/mol. The van der Waals surface area contributed by atoms with Gasteiger partial charge in [-0.15, -0.1) is 5.10 Å². The lowest BCUT2D eigenvalue weighted by molar-refractivity contribution is 0.410. The standard InChI is InChI=1S/C15H21N5O/c1-15(2,3)19-13-10-17-20-14(18-13)16-9-11-7-5-6-8-12(11)21-4/h5-8,10H,9H2,1-4H3,(H2,16,18,19,20). The summed E-state index contributed by atoms with van der Waals surface area (Å²) < 4.78 is 5.31. The fraction of sp³-hybridized carbons (Fsp3) is 0.400. The zero-order valence-corrected chi connectivity index (χ0v) is 12.8. The summed E-state index contributed by atoms with van der Waals surface area (Å²) in [6.07, 6.45) is 1.61. The van der Waals surface area contributed by atoms with Crippen LogP contribution >= 0.6 is 0 Å². The first-order valence-electron chi connectivity index (χ1n) is 6.81. The molecule has 0 fully saturated rings. The van der Waals surface area contributed by atoms with Gasteiger partial charge >= 0.3 is 0 Å². The van der Waals surface area contributed by atoms with Crippen molar-refractivity contribution < 1.29 is 4.74 Å². The van der Waals surface area contributed by atoms with Gasteiger partial charge in [0.1, 0.15) is 5.75 Å². The molecule has 0 unspecified atom stereocenters. The van der Waals surface area contributed by atoms with Gasteiger partial charge in [0.05, 0.1) is 13.3 Å². The number of anilines is 2. The van der Waals surface area contributed by atoms with Crippen LogP contribution in [0, 0.1) is 0 Å². The van der Waals surface area contributed by atoms with Crippen LogP contribution in [0.2, 0.25) is 0 Å². The molecule has 0 atom stereocenters. The minimum absolute atomic E-state index is 0.0735. The molecule has 0 spiro atoms. The molecule has 1 heterocycles. The van der Waals surface area contributed by atoms with E-state index in [-0.39, 0.29) is 5.54 Å². The fourth-order valence-corrected chi connectivity index (χ4v) is 1.85. The van der Waals surface area contributed by atoms with E-state index in [1.54, 1.807) is 13.3 Å². The average molecular weight is 287 g/mol. The highest BCUT2D eigenvalue weighted by Gasteiger charge is 2.11. The van der Waals surface area contributed by atoms with Crippen molar-refractivity contribution in [3.8, 4) is 5.75 Å². The number of hydrogen-bond acceptors (Lipinski definition) is 6. The van der Waals surface area contributed by atoms with Crippen LogP contribution in [0.3, 0.4) is 0 Å². The Morgan fingerprint density at radius 3 is 2.67 bits per heavy atom. The number of rotatable bonds is 5. The van der Waals surface area contributed by atoms with Gasteiger partial charge < -0.3 is 15.4 Å². The summed E-state index contributed by atoms with van der Waals surface area (Å²) >= 11 is 0. The van der Waals surface area contributed by atoms with E-state index in [0.717, 1.165) is 11.3 Å². The van der Waals surface area contributed by atoms with E-state index in [1.807, 2.05) is 24.3 Å². The maximum Gasteiger partial charge on any atom is 0.244 e. The molecule has 112 valence electrons. The van der Waals surface area contributed by atoms with Gasteiger partial charge in [-0.3, -0.25) is 0 Å². The smallest absolute Gasteiger partial charge is 0.244 e. The monoisotopic (exact) mass is 287 g/mol. The largest absolute Gasteiger partial charge is 0.496 e. The molecule has 0 aliphatic rings. The lowest BCUT2D eigenvalue weighted by Gasteiger charge is -2.20. The number of nitrogens with one attached hydrogen (secondary N) is 2. The Morgan fingerprint density at radius 2 is 1.95 bits per heavy atom. The molecule has 2 aromatic rings. The molecular weight excluding hydrogens is 266 g/mol. The molecule has 1 aromatic heterocycles. The third-order valence-corrected chi connectivity index (χ3v) is 2.69. The topological polar surface area (TPSA) is 72.0 Å². The number of hydrogen-bond donors (Lipinski definition) is 2. The second kappa shape index (κ2) is 6.39. The molecule has 2 N–H and O–H groups in total. The normalized spacial score (nSPS) is 11.0. The van der Waals surface area contributed by atoms with Crippen LogP contribution in [0.4, 0.5) is 11.8 Å². The third-order valence-electron chi connectivity index (χ3n) is 2.69. The lowest BCUT2D eigenvalue weighted by atomic mass is 10.1. The molecule has 6 nitrogen and oxygen atoms in total. The predicted octanol–water partition coefficient (Wildman–Crippen LogP) is 2.70. The van der Waals surface area contributed by atoms with Crippen LogP contribution in [0.1, 0.15) is 26.3 Å². The van der Waals surface area contributed by atoms with Crippen molar-refractivity contribution >= 4 is 11.8 Å². The minimum atomic E-state index is -0.0735. The Hall–Kier alpha value is -2.37. The van der Waals surface area contributed by atoms with Crippen molar-refractivity contribution in [2.24, 2.45) is 0 Å². The quantitative estimate of drug-likeness (QED) is 0.881. The first-order valence-corrected chi connectivity index (χ1v) is 6.81. The maximum absolute atomic E-state index is 5.31. The Kier molecular flexibility index (Phi) is 4.57. The van der Waals surface area contributed by atoms with Gasteiger partial charge in [0.15, 0.2) is 5.82 Å². The number of ether oxygens (including phenoxy) is 1. The molecule has 2 rings (SSSR count). The molecule has 0 saturated heterocycles. The van der Waals surface area contributed by atoms with Gasteiger partial charge in [0, 0.05) is 17.6 Å². The van der Waals surface area contributed by atoms with Crippen molar-refractivity contribution in [3.05, 3.63) is 36.0 Å². The molecule has 6 heteroatoms. The highest BCUT2D eigenvalue weighted by Crippen LogP contribution is 2.18. The Bertz CT molecular complexity index is 595. The minimum Gasteiger partial charge on any atom is -0.496 e. The van der Waals surface area contributed by atoms with Crippen molar-refractivity contribution in [2.45, 2.75) is 32.9 Å². The van der Waals surface area contributed by atoms with E-state index in [9.17, 15) is 0 Å². The molecule has 1 aromatic carbocycles. The summed E-state index contributed by atoms with van der Waals surface area (Å²) in [5, 5.41) is 14.4. The zero-order chi connectivity index (χ0) is 15.3. The van der Waals surface area contributed by atoms with Crippen molar-refractivity contribution in [1.29, 1.82) is 0 Å². The van der Waals surface area contributed by atoms with Crippen LogP contribution in [-0.2, 0) is 6.54 Å². The van der Waals surface area contributed by atoms with Crippen LogP contribution in [0.25, 0.3) is 0 Å². The van der Waals surface area contributed by atoms with E-state index >= 15 is 0 Å². The fourth-order valence-electron chi connectivity index (χ4n) is 1.85. The number of benzene rings is 1. The summed E-state index contributed by atoms with van der Waals surface area (Å²) in [6.45, 7) is 6.77. The number of nitrogens with zero attached hydrogens (tertiary/aromatic N) is 3. The Labute approximate surface area is 125 Å². The molecule has 0 aliphatic heterocycles. The van der Waals surface area contributed by atoms with Gasteiger partial charge in [-0.1, -0.05) is 18.2 Å². The van der Waals surface area contributed by atoms with Crippen LogP contribution in [0.5, 0.6) is 5.75 Å². The molecule has 0 amide bonds. The molecular formula is C15H21N5O. The maximum atomic E-state index is 5.31. The van der Waals surface area contributed by atoms with Crippen LogP contribution in [-0.4, -0.2) is 27.8 Å². The molecule has 0 saturated carbocycles. The highest BCUT2D eigenvalue weighted by molar-refractivity contribution is 5.41. The number of aromatic nitrogens is 3. The first-order chi connectivity index (χ1) is 9.98. The van der Waals surface area contributed by atoms with Gasteiger partial charge in [-0.05, 0) is 26.8 Å². The Morgan fingerprint density at radius 1 is 1.19 bits per heavy atom. The second-order valence-corrected chi connectivity index (χ2v) is 5.71. The van der Waals surface area contributed by atoms with Gasteiger partial charge in [-0.2, -0.15) is 10.1 Å². The van der Waals surface area contributed by atoms with Crippen LogP contribution < -0.4 is 15.4 Å². The summed E-state index contributed by atoms with van der Waals surface area (Å²) in [6, 6.07) is 7.83. The van der Waals surface area contributed by atoms with Crippen LogP contribution in [0.15, 0.2) is 30.5 Å². The molecule has 0 aliphatic carbocycles. The van der Waals surface area contributed by atoms with E-state index < -0.39 is 0 Å². The van der Waals surface area contributed by atoms with E-state index in [1.165, 1.54) is 0 Å². The summed E-state index contributed by atoms with van der Waals surface area (Å²) in [5.41, 5.74) is 0.966. The van der Waals surface area contributed by atoms with Crippen molar-refractivity contribution in [1.82, 2.24) is 15.2 Å². The van der Waals surface area contributed by atoms with Crippen molar-refractivity contribution in [2.75, 3.05) is 17.7 Å². The van der Waals surface area contributed by atoms with E-state index in [0.29, 0.717) is 18.3 Å². The first kappa shape index (κ1) is 15.0. The second-order valence-electron chi connectivity index (χ2n) is 5.71. The SMILES string of the molecule is COc1ccccc1CNc1nncc(NC(C)(C)C)n1. The number of methoxy groups -OCH3 is 1. The molecule has 0 bridgehead atoms. The van der Waals surface area contributed by atoms with E-state index in [2.05, 4.69) is 46.6 Å².